The van der Waals surface area contributed by atoms with E-state index >= 15 is 0 Å². The minimum absolute atomic E-state index is 0.0424. The molecule has 1 aromatic rings. The Labute approximate surface area is 117 Å². The van der Waals surface area contributed by atoms with E-state index in [0.29, 0.717) is 5.56 Å². The van der Waals surface area contributed by atoms with Crippen molar-refractivity contribution in [1.82, 2.24) is 0 Å². The zero-order chi connectivity index (χ0) is 14.7. The highest BCUT2D eigenvalue weighted by molar-refractivity contribution is 9.10. The number of benzene rings is 1. The summed E-state index contributed by atoms with van der Waals surface area (Å²) in [6.45, 7) is 1.05. The standard InChI is InChI=1S/C11H11BrF2NO3P/c1-2-18-19(16,17)11(13,14)9-4-3-8(5-6-15)7-10(9)12/h3-4,7H,2,5H2,1H3,(H,16,17). The lowest BCUT2D eigenvalue weighted by molar-refractivity contribution is 0.0459. The molecule has 0 bridgehead atoms. The van der Waals surface area contributed by atoms with Crippen LogP contribution in [0.25, 0.3) is 0 Å². The molecule has 1 N–H and O–H groups in total. The lowest BCUT2D eigenvalue weighted by Gasteiger charge is -2.23. The van der Waals surface area contributed by atoms with Gasteiger partial charge in [-0.1, -0.05) is 28.1 Å². The van der Waals surface area contributed by atoms with Gasteiger partial charge in [0.15, 0.2) is 0 Å². The maximum atomic E-state index is 14.0. The summed E-state index contributed by atoms with van der Waals surface area (Å²) >= 11 is 2.92. The molecule has 1 unspecified atom stereocenters. The Kier molecular flexibility index (Phi) is 5.22. The minimum Gasteiger partial charge on any atom is -0.320 e. The van der Waals surface area contributed by atoms with Gasteiger partial charge in [-0.15, -0.1) is 0 Å². The summed E-state index contributed by atoms with van der Waals surface area (Å²) in [5, 5.41) is 8.52. The molecule has 4 nitrogen and oxygen atoms in total. The molecule has 0 amide bonds. The monoisotopic (exact) mass is 353 g/mol. The molecule has 0 saturated heterocycles. The van der Waals surface area contributed by atoms with Crippen LogP contribution in [0, 0.1) is 11.3 Å². The number of halogens is 3. The molecule has 8 heteroatoms. The van der Waals surface area contributed by atoms with Crippen LogP contribution < -0.4 is 0 Å². The highest BCUT2D eigenvalue weighted by Crippen LogP contribution is 2.64. The Morgan fingerprint density at radius 2 is 2.21 bits per heavy atom. The summed E-state index contributed by atoms with van der Waals surface area (Å²) in [6, 6.07) is 5.52. The van der Waals surface area contributed by atoms with E-state index < -0.39 is 18.8 Å². The SMILES string of the molecule is CCOP(=O)(O)C(F)(F)c1ccc(CC#N)cc1Br. The van der Waals surface area contributed by atoms with E-state index in [-0.39, 0.29) is 17.5 Å². The second-order valence-electron chi connectivity index (χ2n) is 3.63. The van der Waals surface area contributed by atoms with E-state index in [4.69, 9.17) is 5.26 Å². The fraction of sp³-hybridized carbons (Fsp3) is 0.364. The Morgan fingerprint density at radius 3 is 2.68 bits per heavy atom. The number of nitrogens with zero attached hydrogens (tertiary/aromatic N) is 1. The molecule has 0 aliphatic carbocycles. The van der Waals surface area contributed by atoms with Crippen LogP contribution in [0.5, 0.6) is 0 Å². The average Bonchev–Trinajstić information content (AvgIpc) is 2.28. The minimum atomic E-state index is -5.10. The van der Waals surface area contributed by atoms with Gasteiger partial charge in [0.05, 0.1) is 19.1 Å². The quantitative estimate of drug-likeness (QED) is 0.817. The molecule has 0 saturated carbocycles. The third-order valence-electron chi connectivity index (χ3n) is 2.30. The van der Waals surface area contributed by atoms with Crippen LogP contribution >= 0.6 is 23.5 Å². The highest BCUT2D eigenvalue weighted by Gasteiger charge is 2.53. The third-order valence-corrected chi connectivity index (χ3v) is 4.51. The van der Waals surface area contributed by atoms with Gasteiger partial charge in [0.1, 0.15) is 0 Å². The molecule has 0 aromatic heterocycles. The van der Waals surface area contributed by atoms with Gasteiger partial charge in [-0.2, -0.15) is 14.0 Å². The molecule has 0 aliphatic heterocycles. The summed E-state index contributed by atoms with van der Waals surface area (Å²) < 4.78 is 43.7. The molecule has 1 aromatic carbocycles. The van der Waals surface area contributed by atoms with Gasteiger partial charge < -0.3 is 9.42 Å². The third kappa shape index (κ3) is 3.40. The van der Waals surface area contributed by atoms with Crippen molar-refractivity contribution < 1.29 is 22.8 Å². The van der Waals surface area contributed by atoms with Crippen molar-refractivity contribution in [2.45, 2.75) is 19.0 Å². The second kappa shape index (κ2) is 6.10. The van der Waals surface area contributed by atoms with Gasteiger partial charge in [-0.3, -0.25) is 4.57 Å². The molecule has 104 valence electrons. The molecule has 0 aliphatic rings. The molecular weight excluding hydrogens is 343 g/mol. The Hall–Kier alpha value is -0.800. The van der Waals surface area contributed by atoms with Crippen molar-refractivity contribution in [2.75, 3.05) is 6.61 Å². The zero-order valence-electron chi connectivity index (χ0n) is 9.94. The van der Waals surface area contributed by atoms with E-state index in [1.165, 1.54) is 19.1 Å². The first kappa shape index (κ1) is 16.3. The number of hydrogen-bond donors (Lipinski definition) is 1. The second-order valence-corrected chi connectivity index (χ2v) is 6.34. The molecule has 19 heavy (non-hydrogen) atoms. The molecular formula is C11H11BrF2NO3P. The summed E-state index contributed by atoms with van der Waals surface area (Å²) in [5.74, 6) is 0. The van der Waals surface area contributed by atoms with Crippen LogP contribution in [0.15, 0.2) is 22.7 Å². The van der Waals surface area contributed by atoms with Crippen LogP contribution in [-0.2, 0) is 21.2 Å². The van der Waals surface area contributed by atoms with Crippen molar-refractivity contribution in [2.24, 2.45) is 0 Å². The summed E-state index contributed by atoms with van der Waals surface area (Å²) in [7, 11) is -5.10. The lowest BCUT2D eigenvalue weighted by Crippen LogP contribution is -2.16. The smallest absolute Gasteiger partial charge is 0.320 e. The first-order chi connectivity index (χ1) is 8.76. The van der Waals surface area contributed by atoms with E-state index in [0.717, 1.165) is 6.07 Å². The number of rotatable bonds is 5. The van der Waals surface area contributed by atoms with E-state index in [2.05, 4.69) is 20.5 Å². The van der Waals surface area contributed by atoms with E-state index in [1.54, 1.807) is 0 Å². The predicted molar refractivity (Wildman–Crippen MR) is 68.8 cm³/mol. The maximum Gasteiger partial charge on any atom is 0.401 e. The Balaban J connectivity index is 3.23. The van der Waals surface area contributed by atoms with Crippen molar-refractivity contribution in [3.63, 3.8) is 0 Å². The van der Waals surface area contributed by atoms with E-state index in [1.807, 2.05) is 6.07 Å². The lowest BCUT2D eigenvalue weighted by atomic mass is 10.1. The summed E-state index contributed by atoms with van der Waals surface area (Å²) in [4.78, 5) is 9.30. The van der Waals surface area contributed by atoms with Gasteiger partial charge >= 0.3 is 13.3 Å². The van der Waals surface area contributed by atoms with Crippen LogP contribution in [0.4, 0.5) is 8.78 Å². The molecule has 0 radical (unpaired) electrons. The van der Waals surface area contributed by atoms with Crippen molar-refractivity contribution >= 4 is 23.5 Å². The van der Waals surface area contributed by atoms with Crippen LogP contribution in [0.3, 0.4) is 0 Å². The summed E-state index contributed by atoms with van der Waals surface area (Å²) in [5.41, 5.74) is -4.14. The largest absolute Gasteiger partial charge is 0.401 e. The van der Waals surface area contributed by atoms with Crippen LogP contribution in [0.2, 0.25) is 0 Å². The fourth-order valence-electron chi connectivity index (χ4n) is 1.41. The molecule has 1 atom stereocenters. The van der Waals surface area contributed by atoms with Gasteiger partial charge in [-0.25, -0.2) is 0 Å². The molecule has 0 heterocycles. The normalized spacial score (nSPS) is 14.7. The summed E-state index contributed by atoms with van der Waals surface area (Å²) in [6.07, 6.45) is 0.0622. The molecule has 0 spiro atoms. The zero-order valence-corrected chi connectivity index (χ0v) is 12.4. The average molecular weight is 354 g/mol. The van der Waals surface area contributed by atoms with Crippen LogP contribution in [0.1, 0.15) is 18.1 Å². The highest BCUT2D eigenvalue weighted by atomic mass is 79.9. The molecule has 0 fully saturated rings. The van der Waals surface area contributed by atoms with Crippen molar-refractivity contribution in [3.8, 4) is 6.07 Å². The Morgan fingerprint density at radius 1 is 1.58 bits per heavy atom. The fourth-order valence-corrected chi connectivity index (χ4v) is 3.25. The first-order valence-electron chi connectivity index (χ1n) is 5.27. The van der Waals surface area contributed by atoms with Gasteiger partial charge in [0, 0.05) is 10.0 Å². The van der Waals surface area contributed by atoms with Crippen molar-refractivity contribution in [3.05, 3.63) is 33.8 Å². The van der Waals surface area contributed by atoms with E-state index in [9.17, 15) is 18.2 Å². The maximum absolute atomic E-state index is 14.0. The van der Waals surface area contributed by atoms with Crippen molar-refractivity contribution in [1.29, 1.82) is 5.26 Å². The predicted octanol–water partition coefficient (Wildman–Crippen LogP) is 3.79. The number of hydrogen-bond acceptors (Lipinski definition) is 3. The number of alkyl halides is 2. The Bertz CT molecular complexity index is 559. The van der Waals surface area contributed by atoms with Gasteiger partial charge in [0.25, 0.3) is 0 Å². The van der Waals surface area contributed by atoms with Gasteiger partial charge in [-0.05, 0) is 18.6 Å². The van der Waals surface area contributed by atoms with Gasteiger partial charge in [0.2, 0.25) is 0 Å². The first-order valence-corrected chi connectivity index (χ1v) is 7.64. The topological polar surface area (TPSA) is 70.3 Å². The van der Waals surface area contributed by atoms with Crippen LogP contribution in [-0.4, -0.2) is 11.5 Å². The number of nitriles is 1. The molecule has 1 rings (SSSR count).